The summed E-state index contributed by atoms with van der Waals surface area (Å²) in [5.41, 5.74) is 1.46. The molecule has 80 valence electrons. The summed E-state index contributed by atoms with van der Waals surface area (Å²) in [4.78, 5) is 17.8. The van der Waals surface area contributed by atoms with Gasteiger partial charge in [-0.05, 0) is 18.6 Å². The first kappa shape index (κ1) is 10.4. The lowest BCUT2D eigenvalue weighted by atomic mass is 10.1. The Hall–Kier alpha value is -2.08. The average Bonchev–Trinajstić information content (AvgIpc) is 2.39. The van der Waals surface area contributed by atoms with E-state index in [1.165, 1.54) is 0 Å². The van der Waals surface area contributed by atoms with Gasteiger partial charge in [0.1, 0.15) is 5.69 Å². The van der Waals surface area contributed by atoms with Gasteiger partial charge in [0.05, 0.1) is 0 Å². The van der Waals surface area contributed by atoms with Crippen LogP contribution < -0.4 is 0 Å². The summed E-state index contributed by atoms with van der Waals surface area (Å²) in [7, 11) is 0. The van der Waals surface area contributed by atoms with Crippen LogP contribution in [0.3, 0.4) is 0 Å². The summed E-state index contributed by atoms with van der Waals surface area (Å²) in [5, 5.41) is 0. The number of amides is 1. The van der Waals surface area contributed by atoms with E-state index in [1.54, 1.807) is 23.2 Å². The standard InChI is InChI=1S/C13H12N2O/c1-2-11-6-9-15(10-7-11)13(16)12-5-3-4-8-14-12/h1,3-6,8H,7,9-10H2. The number of hydrogen-bond acceptors (Lipinski definition) is 2. The number of nitrogens with zero attached hydrogens (tertiary/aromatic N) is 2. The second kappa shape index (κ2) is 4.63. The lowest BCUT2D eigenvalue weighted by molar-refractivity contribution is 0.0764. The maximum atomic E-state index is 12.0. The molecule has 0 unspecified atom stereocenters. The van der Waals surface area contributed by atoms with Crippen LogP contribution in [-0.4, -0.2) is 28.9 Å². The second-order valence-corrected chi connectivity index (χ2v) is 3.59. The Labute approximate surface area is 94.8 Å². The van der Waals surface area contributed by atoms with Gasteiger partial charge in [0.25, 0.3) is 5.91 Å². The van der Waals surface area contributed by atoms with Gasteiger partial charge in [0.2, 0.25) is 0 Å². The van der Waals surface area contributed by atoms with Gasteiger partial charge < -0.3 is 4.90 Å². The Morgan fingerprint density at radius 2 is 2.38 bits per heavy atom. The third-order valence-corrected chi connectivity index (χ3v) is 2.57. The van der Waals surface area contributed by atoms with Gasteiger partial charge in [0, 0.05) is 24.9 Å². The molecule has 0 fully saturated rings. The van der Waals surface area contributed by atoms with Crippen molar-refractivity contribution in [1.82, 2.24) is 9.88 Å². The van der Waals surface area contributed by atoms with E-state index >= 15 is 0 Å². The molecule has 0 saturated heterocycles. The van der Waals surface area contributed by atoms with Gasteiger partial charge in [0.15, 0.2) is 0 Å². The van der Waals surface area contributed by atoms with Crippen LogP contribution in [-0.2, 0) is 0 Å². The molecule has 0 radical (unpaired) electrons. The lowest BCUT2D eigenvalue weighted by Crippen LogP contribution is -2.35. The number of carbonyl (C=O) groups excluding carboxylic acids is 1. The van der Waals surface area contributed by atoms with Crippen LogP contribution >= 0.6 is 0 Å². The highest BCUT2D eigenvalue weighted by Gasteiger charge is 2.18. The van der Waals surface area contributed by atoms with E-state index in [2.05, 4.69) is 10.9 Å². The molecule has 2 heterocycles. The second-order valence-electron chi connectivity index (χ2n) is 3.59. The number of aromatic nitrogens is 1. The Balaban J connectivity index is 2.09. The van der Waals surface area contributed by atoms with Crippen LogP contribution in [0.15, 0.2) is 36.0 Å². The minimum absolute atomic E-state index is 0.0343. The number of pyridine rings is 1. The molecule has 1 aliphatic rings. The molecular formula is C13H12N2O. The number of hydrogen-bond donors (Lipinski definition) is 0. The zero-order chi connectivity index (χ0) is 11.4. The van der Waals surface area contributed by atoms with Gasteiger partial charge in [-0.15, -0.1) is 6.42 Å². The molecule has 0 aromatic carbocycles. The molecule has 1 amide bonds. The normalized spacial score (nSPS) is 15.2. The molecule has 3 nitrogen and oxygen atoms in total. The molecule has 16 heavy (non-hydrogen) atoms. The number of carbonyl (C=O) groups is 1. The third kappa shape index (κ3) is 2.12. The Morgan fingerprint density at radius 1 is 1.50 bits per heavy atom. The molecule has 0 saturated carbocycles. The molecule has 1 aliphatic heterocycles. The van der Waals surface area contributed by atoms with Gasteiger partial charge in [-0.2, -0.15) is 0 Å². The van der Waals surface area contributed by atoms with Gasteiger partial charge in [-0.25, -0.2) is 0 Å². The van der Waals surface area contributed by atoms with Crippen molar-refractivity contribution in [3.63, 3.8) is 0 Å². The van der Waals surface area contributed by atoms with Crippen LogP contribution in [0.1, 0.15) is 16.9 Å². The Bertz CT molecular complexity index is 457. The molecule has 3 heteroatoms. The molecule has 0 aliphatic carbocycles. The maximum absolute atomic E-state index is 12.0. The highest BCUT2D eigenvalue weighted by atomic mass is 16.2. The quantitative estimate of drug-likeness (QED) is 0.661. The molecule has 1 aromatic heterocycles. The van der Waals surface area contributed by atoms with Crippen molar-refractivity contribution in [1.29, 1.82) is 0 Å². The van der Waals surface area contributed by atoms with E-state index in [0.717, 1.165) is 12.0 Å². The minimum atomic E-state index is -0.0343. The summed E-state index contributed by atoms with van der Waals surface area (Å²) in [5.74, 6) is 2.58. The van der Waals surface area contributed by atoms with E-state index in [0.29, 0.717) is 18.8 Å². The van der Waals surface area contributed by atoms with E-state index in [9.17, 15) is 4.79 Å². The van der Waals surface area contributed by atoms with Gasteiger partial charge in [-0.3, -0.25) is 9.78 Å². The fraction of sp³-hybridized carbons (Fsp3) is 0.231. The zero-order valence-corrected chi connectivity index (χ0v) is 8.89. The van der Waals surface area contributed by atoms with Crippen molar-refractivity contribution in [3.8, 4) is 12.3 Å². The van der Waals surface area contributed by atoms with Crippen molar-refractivity contribution < 1.29 is 4.79 Å². The summed E-state index contributed by atoms with van der Waals surface area (Å²) in [6.45, 7) is 1.25. The third-order valence-electron chi connectivity index (χ3n) is 2.57. The van der Waals surface area contributed by atoms with Crippen molar-refractivity contribution in [2.75, 3.05) is 13.1 Å². The molecule has 0 spiro atoms. The smallest absolute Gasteiger partial charge is 0.272 e. The van der Waals surface area contributed by atoms with E-state index in [1.807, 2.05) is 12.1 Å². The fourth-order valence-corrected chi connectivity index (χ4v) is 1.64. The molecule has 0 bridgehead atoms. The first-order chi connectivity index (χ1) is 7.81. The van der Waals surface area contributed by atoms with Gasteiger partial charge in [-0.1, -0.05) is 18.1 Å². The summed E-state index contributed by atoms with van der Waals surface area (Å²) < 4.78 is 0. The Morgan fingerprint density at radius 3 is 2.94 bits per heavy atom. The van der Waals surface area contributed by atoms with Crippen LogP contribution in [0.4, 0.5) is 0 Å². The van der Waals surface area contributed by atoms with Crippen molar-refractivity contribution in [2.45, 2.75) is 6.42 Å². The summed E-state index contributed by atoms with van der Waals surface area (Å²) in [6, 6.07) is 5.33. The lowest BCUT2D eigenvalue weighted by Gasteiger charge is -2.24. The summed E-state index contributed by atoms with van der Waals surface area (Å²) >= 11 is 0. The topological polar surface area (TPSA) is 33.2 Å². The van der Waals surface area contributed by atoms with E-state index < -0.39 is 0 Å². The van der Waals surface area contributed by atoms with Crippen LogP contribution in [0.25, 0.3) is 0 Å². The highest BCUT2D eigenvalue weighted by molar-refractivity contribution is 5.92. The SMILES string of the molecule is C#CC1=CCN(C(=O)c2ccccn2)CC1. The predicted octanol–water partition coefficient (Wildman–Crippen LogP) is 1.49. The van der Waals surface area contributed by atoms with Crippen LogP contribution in [0, 0.1) is 12.3 Å². The van der Waals surface area contributed by atoms with Crippen molar-refractivity contribution in [3.05, 3.63) is 41.7 Å². The largest absolute Gasteiger partial charge is 0.333 e. The van der Waals surface area contributed by atoms with E-state index in [-0.39, 0.29) is 5.91 Å². The average molecular weight is 212 g/mol. The van der Waals surface area contributed by atoms with Crippen molar-refractivity contribution in [2.24, 2.45) is 0 Å². The monoisotopic (exact) mass is 212 g/mol. The predicted molar refractivity (Wildman–Crippen MR) is 61.7 cm³/mol. The molecule has 1 aromatic rings. The number of rotatable bonds is 1. The van der Waals surface area contributed by atoms with Crippen LogP contribution in [0.2, 0.25) is 0 Å². The maximum Gasteiger partial charge on any atom is 0.272 e. The number of terminal acetylenes is 1. The van der Waals surface area contributed by atoms with Gasteiger partial charge >= 0.3 is 0 Å². The molecule has 0 atom stereocenters. The molecular weight excluding hydrogens is 200 g/mol. The first-order valence-electron chi connectivity index (χ1n) is 5.17. The molecule has 0 N–H and O–H groups in total. The Kier molecular flexibility index (Phi) is 3.02. The zero-order valence-electron chi connectivity index (χ0n) is 8.89. The first-order valence-corrected chi connectivity index (χ1v) is 5.17. The fourth-order valence-electron chi connectivity index (χ4n) is 1.64. The van der Waals surface area contributed by atoms with E-state index in [4.69, 9.17) is 6.42 Å². The van der Waals surface area contributed by atoms with Crippen molar-refractivity contribution >= 4 is 5.91 Å². The summed E-state index contributed by atoms with van der Waals surface area (Å²) in [6.07, 6.45) is 9.61. The minimum Gasteiger partial charge on any atom is -0.333 e. The molecule has 2 rings (SSSR count). The highest BCUT2D eigenvalue weighted by Crippen LogP contribution is 2.11. The van der Waals surface area contributed by atoms with Crippen LogP contribution in [0.5, 0.6) is 0 Å².